The Morgan fingerprint density at radius 1 is 0.900 bits per heavy atom. The zero-order valence-corrected chi connectivity index (χ0v) is 16.5. The average molecular weight is 399 g/mol. The largest absolute Gasteiger partial charge is 0.497 e. The summed E-state index contributed by atoms with van der Waals surface area (Å²) < 4.78 is 10.8. The van der Waals surface area contributed by atoms with E-state index >= 15 is 0 Å². The van der Waals surface area contributed by atoms with Crippen molar-refractivity contribution in [3.63, 3.8) is 0 Å². The lowest BCUT2D eigenvalue weighted by Gasteiger charge is -2.17. The molecule has 0 saturated heterocycles. The van der Waals surface area contributed by atoms with Gasteiger partial charge >= 0.3 is 5.97 Å². The lowest BCUT2D eigenvalue weighted by Crippen LogP contribution is -2.21. The van der Waals surface area contributed by atoms with Gasteiger partial charge in [-0.2, -0.15) is 0 Å². The summed E-state index contributed by atoms with van der Waals surface area (Å²) in [6, 6.07) is 23.8. The van der Waals surface area contributed by atoms with Gasteiger partial charge in [-0.25, -0.2) is 0 Å². The number of methoxy groups -OCH3 is 1. The molecule has 0 aliphatic carbocycles. The van der Waals surface area contributed by atoms with Crippen LogP contribution >= 0.6 is 0 Å². The van der Waals surface area contributed by atoms with Crippen LogP contribution in [0.25, 0.3) is 10.9 Å². The number of ether oxygens (including phenoxy) is 2. The number of carbonyl (C=O) groups excluding carboxylic acids is 2. The minimum Gasteiger partial charge on any atom is -0.497 e. The van der Waals surface area contributed by atoms with Crippen molar-refractivity contribution >= 4 is 22.7 Å². The molecule has 0 saturated carbocycles. The fourth-order valence-corrected chi connectivity index (χ4v) is 3.40. The van der Waals surface area contributed by atoms with E-state index in [2.05, 4.69) is 4.98 Å². The molecular weight excluding hydrogens is 378 g/mol. The lowest BCUT2D eigenvalue weighted by molar-refractivity contribution is -0.146. The van der Waals surface area contributed by atoms with Gasteiger partial charge in [-0.1, -0.05) is 60.7 Å². The molecule has 30 heavy (non-hydrogen) atoms. The first kappa shape index (κ1) is 19.5. The second kappa shape index (κ2) is 8.66. The van der Waals surface area contributed by atoms with Crippen LogP contribution in [-0.2, 0) is 16.0 Å². The van der Waals surface area contributed by atoms with Crippen LogP contribution in [0.1, 0.15) is 27.6 Å². The number of H-pyrrole nitrogens is 1. The van der Waals surface area contributed by atoms with Crippen molar-refractivity contribution < 1.29 is 19.1 Å². The van der Waals surface area contributed by atoms with Gasteiger partial charge in [0.15, 0.2) is 6.10 Å². The number of ketones is 1. The quantitative estimate of drug-likeness (QED) is 0.355. The van der Waals surface area contributed by atoms with E-state index in [-0.39, 0.29) is 12.2 Å². The summed E-state index contributed by atoms with van der Waals surface area (Å²) in [5.41, 5.74) is 2.77. The summed E-state index contributed by atoms with van der Waals surface area (Å²) in [4.78, 5) is 29.2. The highest BCUT2D eigenvalue weighted by atomic mass is 16.5. The summed E-state index contributed by atoms with van der Waals surface area (Å²) in [6.45, 7) is 0. The van der Waals surface area contributed by atoms with Crippen LogP contribution in [0.15, 0.2) is 85.1 Å². The molecule has 0 fully saturated rings. The Kier molecular flexibility index (Phi) is 5.61. The normalized spacial score (nSPS) is 11.8. The minimum absolute atomic E-state index is 0.0640. The SMILES string of the molecule is COc1ccc(CC(=O)O[C@@H](C(=O)c2c[nH]c3ccccc23)c2ccccc2)cc1. The zero-order chi connectivity index (χ0) is 20.9. The number of benzene rings is 3. The summed E-state index contributed by atoms with van der Waals surface area (Å²) >= 11 is 0. The highest BCUT2D eigenvalue weighted by molar-refractivity contribution is 6.10. The molecule has 0 bridgehead atoms. The van der Waals surface area contributed by atoms with Gasteiger partial charge in [0, 0.05) is 28.2 Å². The van der Waals surface area contributed by atoms with Crippen LogP contribution in [0.5, 0.6) is 5.75 Å². The number of hydrogen-bond donors (Lipinski definition) is 1. The minimum atomic E-state index is -1.02. The predicted octanol–water partition coefficient (Wildman–Crippen LogP) is 4.89. The molecule has 0 aliphatic rings. The Bertz CT molecular complexity index is 1160. The fraction of sp³-hybridized carbons (Fsp3) is 0.120. The van der Waals surface area contributed by atoms with Crippen molar-refractivity contribution in [3.05, 3.63) is 102 Å². The van der Waals surface area contributed by atoms with Crippen molar-refractivity contribution in [2.24, 2.45) is 0 Å². The lowest BCUT2D eigenvalue weighted by atomic mass is 9.99. The van der Waals surface area contributed by atoms with E-state index < -0.39 is 12.1 Å². The second-order valence-electron chi connectivity index (χ2n) is 6.92. The molecule has 0 unspecified atom stereocenters. The molecule has 1 atom stereocenters. The van der Waals surface area contributed by atoms with Crippen LogP contribution in [-0.4, -0.2) is 23.8 Å². The van der Waals surface area contributed by atoms with Gasteiger partial charge in [0.1, 0.15) is 5.75 Å². The molecule has 0 aliphatic heterocycles. The van der Waals surface area contributed by atoms with E-state index in [1.54, 1.807) is 49.7 Å². The van der Waals surface area contributed by atoms with E-state index in [4.69, 9.17) is 9.47 Å². The topological polar surface area (TPSA) is 68.4 Å². The van der Waals surface area contributed by atoms with Crippen molar-refractivity contribution in [1.82, 2.24) is 4.98 Å². The Morgan fingerprint density at radius 2 is 1.60 bits per heavy atom. The maximum absolute atomic E-state index is 13.4. The van der Waals surface area contributed by atoms with E-state index in [9.17, 15) is 9.59 Å². The third-order valence-corrected chi connectivity index (χ3v) is 4.95. The Balaban J connectivity index is 1.60. The molecule has 1 heterocycles. The van der Waals surface area contributed by atoms with Crippen molar-refractivity contribution in [1.29, 1.82) is 0 Å². The first-order valence-corrected chi connectivity index (χ1v) is 9.63. The molecule has 3 aromatic carbocycles. The number of hydrogen-bond acceptors (Lipinski definition) is 4. The number of esters is 1. The molecular formula is C25H21NO4. The maximum atomic E-state index is 13.4. The number of Topliss-reactive ketones (excluding diaryl/α,β-unsaturated/α-hetero) is 1. The molecule has 5 nitrogen and oxygen atoms in total. The number of carbonyl (C=O) groups is 2. The van der Waals surface area contributed by atoms with Gasteiger partial charge in [-0.15, -0.1) is 0 Å². The molecule has 0 spiro atoms. The number of rotatable bonds is 7. The van der Waals surface area contributed by atoms with Gasteiger partial charge in [-0.3, -0.25) is 9.59 Å². The monoisotopic (exact) mass is 399 g/mol. The first-order chi connectivity index (χ1) is 14.7. The summed E-state index contributed by atoms with van der Waals surface area (Å²) in [7, 11) is 1.59. The van der Waals surface area contributed by atoms with Crippen LogP contribution in [0.2, 0.25) is 0 Å². The standard InChI is InChI=1S/C25H21NO4/c1-29-19-13-11-17(12-14-19)15-23(27)30-25(18-7-3-2-4-8-18)24(28)21-16-26-22-10-6-5-9-20(21)22/h2-14,16,25-26H,15H2,1H3/t25-/m1/s1. The summed E-state index contributed by atoms with van der Waals surface area (Å²) in [6.07, 6.45) is 0.713. The molecule has 0 radical (unpaired) electrons. The first-order valence-electron chi connectivity index (χ1n) is 9.63. The Hall–Kier alpha value is -3.86. The van der Waals surface area contributed by atoms with E-state index in [0.717, 1.165) is 16.5 Å². The van der Waals surface area contributed by atoms with Crippen LogP contribution in [0, 0.1) is 0 Å². The molecule has 0 amide bonds. The van der Waals surface area contributed by atoms with E-state index in [0.29, 0.717) is 16.9 Å². The average Bonchev–Trinajstić information content (AvgIpc) is 3.22. The molecule has 1 N–H and O–H groups in total. The van der Waals surface area contributed by atoms with Crippen molar-refractivity contribution in [3.8, 4) is 5.75 Å². The van der Waals surface area contributed by atoms with E-state index in [1.165, 1.54) is 0 Å². The highest BCUT2D eigenvalue weighted by Gasteiger charge is 2.28. The smallest absolute Gasteiger partial charge is 0.311 e. The number of aromatic nitrogens is 1. The molecule has 1 aromatic heterocycles. The van der Waals surface area contributed by atoms with Gasteiger partial charge in [0.05, 0.1) is 13.5 Å². The second-order valence-corrected chi connectivity index (χ2v) is 6.92. The van der Waals surface area contributed by atoms with Crippen molar-refractivity contribution in [2.45, 2.75) is 12.5 Å². The van der Waals surface area contributed by atoms with Crippen LogP contribution in [0.4, 0.5) is 0 Å². The number of fused-ring (bicyclic) bond motifs is 1. The third-order valence-electron chi connectivity index (χ3n) is 4.95. The van der Waals surface area contributed by atoms with Gasteiger partial charge in [0.25, 0.3) is 0 Å². The predicted molar refractivity (Wildman–Crippen MR) is 115 cm³/mol. The van der Waals surface area contributed by atoms with Crippen LogP contribution in [0.3, 0.4) is 0 Å². The van der Waals surface area contributed by atoms with Gasteiger partial charge < -0.3 is 14.5 Å². The van der Waals surface area contributed by atoms with Gasteiger partial charge in [0.2, 0.25) is 5.78 Å². The molecule has 4 aromatic rings. The fourth-order valence-electron chi connectivity index (χ4n) is 3.40. The zero-order valence-electron chi connectivity index (χ0n) is 16.5. The molecule has 4 rings (SSSR count). The summed E-state index contributed by atoms with van der Waals surface area (Å²) in [5.74, 6) is -0.0206. The maximum Gasteiger partial charge on any atom is 0.311 e. The number of aromatic amines is 1. The number of nitrogens with one attached hydrogen (secondary N) is 1. The van der Waals surface area contributed by atoms with Crippen LogP contribution < -0.4 is 4.74 Å². The highest BCUT2D eigenvalue weighted by Crippen LogP contribution is 2.27. The number of para-hydroxylation sites is 1. The third kappa shape index (κ3) is 4.10. The van der Waals surface area contributed by atoms with Gasteiger partial charge in [-0.05, 0) is 23.8 Å². The van der Waals surface area contributed by atoms with E-state index in [1.807, 2.05) is 42.5 Å². The Morgan fingerprint density at radius 3 is 2.33 bits per heavy atom. The molecule has 150 valence electrons. The summed E-state index contributed by atoms with van der Waals surface area (Å²) in [5, 5.41) is 0.801. The Labute approximate surface area is 174 Å². The van der Waals surface area contributed by atoms with Crippen molar-refractivity contribution in [2.75, 3.05) is 7.11 Å². The molecule has 5 heteroatoms.